The molecular formula is C19H18FN5. The summed E-state index contributed by atoms with van der Waals surface area (Å²) in [4.78, 5) is 8.92. The first kappa shape index (κ1) is 15.6. The van der Waals surface area contributed by atoms with Crippen LogP contribution in [0.2, 0.25) is 0 Å². The molecule has 6 heteroatoms. The van der Waals surface area contributed by atoms with Crippen LogP contribution in [0, 0.1) is 12.7 Å². The Hall–Kier alpha value is -2.89. The van der Waals surface area contributed by atoms with E-state index in [2.05, 4.69) is 27.1 Å². The zero-order valence-corrected chi connectivity index (χ0v) is 14.2. The van der Waals surface area contributed by atoms with Gasteiger partial charge < -0.3 is 0 Å². The highest BCUT2D eigenvalue weighted by molar-refractivity contribution is 5.77. The van der Waals surface area contributed by atoms with Crippen molar-refractivity contribution >= 4 is 16.8 Å². The molecule has 1 aromatic carbocycles. The highest BCUT2D eigenvalue weighted by atomic mass is 19.1. The van der Waals surface area contributed by atoms with Gasteiger partial charge in [0.05, 0.1) is 11.3 Å². The number of aromatic nitrogens is 5. The minimum atomic E-state index is -0.312. The predicted molar refractivity (Wildman–Crippen MR) is 94.8 cm³/mol. The van der Waals surface area contributed by atoms with Crippen LogP contribution in [0.15, 0.2) is 36.5 Å². The van der Waals surface area contributed by atoms with E-state index in [4.69, 9.17) is 0 Å². The Labute approximate surface area is 144 Å². The van der Waals surface area contributed by atoms with Crippen molar-refractivity contribution in [3.05, 3.63) is 53.6 Å². The second-order valence-corrected chi connectivity index (χ2v) is 6.14. The minimum Gasteiger partial charge on any atom is -0.255 e. The number of halogens is 1. The lowest BCUT2D eigenvalue weighted by Gasteiger charge is -2.08. The highest BCUT2D eigenvalue weighted by Gasteiger charge is 2.18. The maximum Gasteiger partial charge on any atom is 0.184 e. The Bertz CT molecular complexity index is 1070. The van der Waals surface area contributed by atoms with Crippen LogP contribution in [-0.4, -0.2) is 24.6 Å². The normalized spacial score (nSPS) is 11.5. The summed E-state index contributed by atoms with van der Waals surface area (Å²) in [6.45, 7) is 4.01. The molecule has 25 heavy (non-hydrogen) atoms. The van der Waals surface area contributed by atoms with Gasteiger partial charge in [0.1, 0.15) is 11.3 Å². The number of benzene rings is 1. The van der Waals surface area contributed by atoms with Gasteiger partial charge in [0.2, 0.25) is 0 Å². The summed E-state index contributed by atoms with van der Waals surface area (Å²) in [7, 11) is 0. The Morgan fingerprint density at radius 2 is 2.00 bits per heavy atom. The van der Waals surface area contributed by atoms with Crippen LogP contribution >= 0.6 is 0 Å². The molecule has 0 radical (unpaired) electrons. The van der Waals surface area contributed by atoms with E-state index in [0.717, 1.165) is 36.0 Å². The molecule has 0 saturated heterocycles. The average Bonchev–Trinajstić information content (AvgIpc) is 3.07. The third kappa shape index (κ3) is 2.63. The first-order valence-electron chi connectivity index (χ1n) is 8.44. The second kappa shape index (κ2) is 6.20. The molecule has 4 aromatic rings. The van der Waals surface area contributed by atoms with Crippen molar-refractivity contribution in [2.24, 2.45) is 0 Å². The van der Waals surface area contributed by atoms with Gasteiger partial charge >= 0.3 is 0 Å². The molecule has 126 valence electrons. The molecule has 0 aliphatic rings. The van der Waals surface area contributed by atoms with Crippen LogP contribution < -0.4 is 0 Å². The summed E-state index contributed by atoms with van der Waals surface area (Å²) in [6, 6.07) is 8.92. The third-order valence-electron chi connectivity index (χ3n) is 4.34. The number of aryl methyl sites for hydroxylation is 2. The SMILES string of the molecule is CCCCc1ccc(F)c(-c2nnc3c(C)nc4cccnc4n23)c1. The third-order valence-corrected chi connectivity index (χ3v) is 4.34. The van der Waals surface area contributed by atoms with Gasteiger partial charge in [-0.15, -0.1) is 10.2 Å². The number of rotatable bonds is 4. The fourth-order valence-electron chi connectivity index (χ4n) is 3.05. The number of hydrogen-bond acceptors (Lipinski definition) is 4. The zero-order chi connectivity index (χ0) is 17.4. The first-order valence-corrected chi connectivity index (χ1v) is 8.44. The van der Waals surface area contributed by atoms with Crippen molar-refractivity contribution < 1.29 is 4.39 Å². The van der Waals surface area contributed by atoms with Crippen molar-refractivity contribution in [1.82, 2.24) is 24.6 Å². The minimum absolute atomic E-state index is 0.312. The van der Waals surface area contributed by atoms with Gasteiger partial charge in [-0.25, -0.2) is 14.4 Å². The van der Waals surface area contributed by atoms with E-state index in [9.17, 15) is 4.39 Å². The van der Waals surface area contributed by atoms with Gasteiger partial charge in [0.25, 0.3) is 0 Å². The number of fused-ring (bicyclic) bond motifs is 3. The average molecular weight is 335 g/mol. The summed E-state index contributed by atoms with van der Waals surface area (Å²) in [6.07, 6.45) is 4.77. The lowest BCUT2D eigenvalue weighted by molar-refractivity contribution is 0.628. The molecule has 3 aromatic heterocycles. The largest absolute Gasteiger partial charge is 0.255 e. The van der Waals surface area contributed by atoms with Crippen LogP contribution in [0.5, 0.6) is 0 Å². The van der Waals surface area contributed by atoms with E-state index in [-0.39, 0.29) is 5.82 Å². The standard InChI is InChI=1S/C19H18FN5/c1-3-4-6-13-8-9-15(20)14(11-13)18-24-23-17-12(2)22-16-7-5-10-21-19(16)25(17)18/h5,7-11H,3-4,6H2,1-2H3. The smallest absolute Gasteiger partial charge is 0.184 e. The van der Waals surface area contributed by atoms with Crippen LogP contribution in [0.1, 0.15) is 31.0 Å². The first-order chi connectivity index (χ1) is 12.2. The van der Waals surface area contributed by atoms with Crippen molar-refractivity contribution in [2.45, 2.75) is 33.1 Å². The Morgan fingerprint density at radius 3 is 2.84 bits per heavy atom. The van der Waals surface area contributed by atoms with Crippen molar-refractivity contribution in [3.63, 3.8) is 0 Å². The van der Waals surface area contributed by atoms with Crippen molar-refractivity contribution in [3.8, 4) is 11.4 Å². The van der Waals surface area contributed by atoms with E-state index >= 15 is 0 Å². The van der Waals surface area contributed by atoms with Crippen LogP contribution in [0.25, 0.3) is 28.2 Å². The topological polar surface area (TPSA) is 56.0 Å². The molecule has 3 heterocycles. The molecule has 0 atom stereocenters. The van der Waals surface area contributed by atoms with E-state index < -0.39 is 0 Å². The highest BCUT2D eigenvalue weighted by Crippen LogP contribution is 2.26. The van der Waals surface area contributed by atoms with Crippen molar-refractivity contribution in [1.29, 1.82) is 0 Å². The molecular weight excluding hydrogens is 317 g/mol. The monoisotopic (exact) mass is 335 g/mol. The maximum absolute atomic E-state index is 14.6. The fourth-order valence-corrected chi connectivity index (χ4v) is 3.05. The van der Waals surface area contributed by atoms with Gasteiger partial charge in [0, 0.05) is 6.20 Å². The molecule has 0 fully saturated rings. The Balaban J connectivity index is 1.99. The van der Waals surface area contributed by atoms with Gasteiger partial charge in [0.15, 0.2) is 17.1 Å². The molecule has 0 aliphatic heterocycles. The molecule has 0 bridgehead atoms. The van der Waals surface area contributed by atoms with Crippen LogP contribution in [0.4, 0.5) is 4.39 Å². The van der Waals surface area contributed by atoms with Gasteiger partial charge in [-0.2, -0.15) is 0 Å². The second-order valence-electron chi connectivity index (χ2n) is 6.14. The zero-order valence-electron chi connectivity index (χ0n) is 14.2. The summed E-state index contributed by atoms with van der Waals surface area (Å²) < 4.78 is 16.4. The summed E-state index contributed by atoms with van der Waals surface area (Å²) in [5.41, 5.74) is 4.23. The van der Waals surface area contributed by atoms with Crippen molar-refractivity contribution in [2.75, 3.05) is 0 Å². The summed E-state index contributed by atoms with van der Waals surface area (Å²) >= 11 is 0. The molecule has 0 amide bonds. The summed E-state index contributed by atoms with van der Waals surface area (Å²) in [5.74, 6) is 0.146. The van der Waals surface area contributed by atoms with E-state index in [1.807, 2.05) is 31.2 Å². The number of pyridine rings is 1. The Kier molecular flexibility index (Phi) is 3.87. The van der Waals surface area contributed by atoms with Gasteiger partial charge in [-0.05, 0) is 49.6 Å². The number of unbranched alkanes of at least 4 members (excludes halogenated alkanes) is 1. The molecule has 0 unspecified atom stereocenters. The van der Waals surface area contributed by atoms with Crippen LogP contribution in [0.3, 0.4) is 0 Å². The van der Waals surface area contributed by atoms with E-state index in [0.29, 0.717) is 22.7 Å². The van der Waals surface area contributed by atoms with E-state index in [1.165, 1.54) is 6.07 Å². The predicted octanol–water partition coefficient (Wildman–Crippen LogP) is 4.13. The fraction of sp³-hybridized carbons (Fsp3) is 0.263. The number of nitrogens with zero attached hydrogens (tertiary/aromatic N) is 5. The molecule has 0 spiro atoms. The molecule has 0 saturated carbocycles. The van der Waals surface area contributed by atoms with E-state index in [1.54, 1.807) is 10.6 Å². The Morgan fingerprint density at radius 1 is 1.12 bits per heavy atom. The van der Waals surface area contributed by atoms with Gasteiger partial charge in [-0.1, -0.05) is 19.4 Å². The maximum atomic E-state index is 14.6. The molecule has 5 nitrogen and oxygen atoms in total. The van der Waals surface area contributed by atoms with Gasteiger partial charge in [-0.3, -0.25) is 4.40 Å². The quantitative estimate of drug-likeness (QED) is 0.563. The van der Waals surface area contributed by atoms with Crippen LogP contribution in [-0.2, 0) is 6.42 Å². The number of hydrogen-bond donors (Lipinski definition) is 0. The lowest BCUT2D eigenvalue weighted by atomic mass is 10.0. The molecule has 0 N–H and O–H groups in total. The summed E-state index contributed by atoms with van der Waals surface area (Å²) in [5, 5.41) is 8.47. The molecule has 4 rings (SSSR count). The lowest BCUT2D eigenvalue weighted by Crippen LogP contribution is -2.00. The molecule has 0 aliphatic carbocycles.